The summed E-state index contributed by atoms with van der Waals surface area (Å²) in [6.07, 6.45) is 0. The zero-order valence-electron chi connectivity index (χ0n) is 16.2. The van der Waals surface area contributed by atoms with Crippen LogP contribution in [-0.2, 0) is 13.2 Å². The SMILES string of the molecule is COc1cc(CNC(C)c2ccccc2)cc(Cl)c1OCc1ccc(Cl)cc1Cl. The maximum absolute atomic E-state index is 6.49. The van der Waals surface area contributed by atoms with Crippen LogP contribution in [0.4, 0.5) is 0 Å². The Labute approximate surface area is 186 Å². The minimum Gasteiger partial charge on any atom is -0.493 e. The van der Waals surface area contributed by atoms with E-state index in [9.17, 15) is 0 Å². The standard InChI is InChI=1S/C23H22Cl3NO2/c1-15(17-6-4-3-5-7-17)27-13-16-10-21(26)23(22(11-16)28-2)29-14-18-8-9-19(24)12-20(18)25/h3-12,15,27H,13-14H2,1-2H3. The number of benzene rings is 3. The molecule has 3 aromatic carbocycles. The lowest BCUT2D eigenvalue weighted by molar-refractivity contribution is 0.284. The van der Waals surface area contributed by atoms with Crippen LogP contribution in [0.15, 0.2) is 60.7 Å². The third-order valence-electron chi connectivity index (χ3n) is 4.59. The van der Waals surface area contributed by atoms with E-state index in [1.807, 2.05) is 36.4 Å². The first-order valence-electron chi connectivity index (χ1n) is 9.19. The molecule has 0 fully saturated rings. The van der Waals surface area contributed by atoms with Crippen molar-refractivity contribution in [3.8, 4) is 11.5 Å². The number of ether oxygens (including phenoxy) is 2. The Morgan fingerprint density at radius 3 is 2.38 bits per heavy atom. The lowest BCUT2D eigenvalue weighted by Crippen LogP contribution is -2.18. The van der Waals surface area contributed by atoms with E-state index < -0.39 is 0 Å². The van der Waals surface area contributed by atoms with E-state index in [1.165, 1.54) is 5.56 Å². The van der Waals surface area contributed by atoms with Crippen LogP contribution in [0.2, 0.25) is 15.1 Å². The second kappa shape index (κ2) is 10.2. The summed E-state index contributed by atoms with van der Waals surface area (Å²) in [6.45, 7) is 3.03. The highest BCUT2D eigenvalue weighted by molar-refractivity contribution is 6.35. The third kappa shape index (κ3) is 5.80. The largest absolute Gasteiger partial charge is 0.493 e. The Balaban J connectivity index is 1.70. The fourth-order valence-electron chi connectivity index (χ4n) is 2.93. The molecular weight excluding hydrogens is 429 g/mol. The van der Waals surface area contributed by atoms with Crippen LogP contribution in [0.3, 0.4) is 0 Å². The first kappa shape index (κ1) is 21.8. The summed E-state index contributed by atoms with van der Waals surface area (Å²) in [5.41, 5.74) is 3.05. The van der Waals surface area contributed by atoms with Gasteiger partial charge in [0.15, 0.2) is 11.5 Å². The molecular formula is C23H22Cl3NO2. The van der Waals surface area contributed by atoms with E-state index in [-0.39, 0.29) is 12.6 Å². The lowest BCUT2D eigenvalue weighted by atomic mass is 10.1. The molecule has 29 heavy (non-hydrogen) atoms. The molecule has 0 bridgehead atoms. The average molecular weight is 451 g/mol. The summed E-state index contributed by atoms with van der Waals surface area (Å²) < 4.78 is 11.4. The Hall–Kier alpha value is -1.91. The molecule has 0 aliphatic heterocycles. The van der Waals surface area contributed by atoms with Gasteiger partial charge >= 0.3 is 0 Å². The minimum atomic E-state index is 0.212. The van der Waals surface area contributed by atoms with Gasteiger partial charge < -0.3 is 14.8 Å². The Kier molecular flexibility index (Phi) is 7.68. The quantitative estimate of drug-likeness (QED) is 0.397. The molecule has 3 aromatic rings. The van der Waals surface area contributed by atoms with Gasteiger partial charge in [0.2, 0.25) is 0 Å². The Morgan fingerprint density at radius 1 is 0.931 bits per heavy atom. The van der Waals surface area contributed by atoms with Gasteiger partial charge in [-0.2, -0.15) is 0 Å². The zero-order valence-corrected chi connectivity index (χ0v) is 18.5. The van der Waals surface area contributed by atoms with Gasteiger partial charge in [0.05, 0.1) is 12.1 Å². The third-order valence-corrected chi connectivity index (χ3v) is 5.46. The van der Waals surface area contributed by atoms with Crippen molar-refractivity contribution in [2.24, 2.45) is 0 Å². The van der Waals surface area contributed by atoms with Crippen LogP contribution in [0.5, 0.6) is 11.5 Å². The summed E-state index contributed by atoms with van der Waals surface area (Å²) >= 11 is 18.7. The zero-order chi connectivity index (χ0) is 20.8. The van der Waals surface area contributed by atoms with Crippen LogP contribution in [0.1, 0.15) is 29.7 Å². The van der Waals surface area contributed by atoms with Gasteiger partial charge in [-0.25, -0.2) is 0 Å². The molecule has 6 heteroatoms. The number of hydrogen-bond donors (Lipinski definition) is 1. The molecule has 3 nitrogen and oxygen atoms in total. The summed E-state index contributed by atoms with van der Waals surface area (Å²) in [5, 5.41) is 5.11. The minimum absolute atomic E-state index is 0.212. The monoisotopic (exact) mass is 449 g/mol. The highest BCUT2D eigenvalue weighted by atomic mass is 35.5. The van der Waals surface area contributed by atoms with E-state index in [4.69, 9.17) is 44.3 Å². The van der Waals surface area contributed by atoms with Gasteiger partial charge in [-0.3, -0.25) is 0 Å². The predicted molar refractivity (Wildman–Crippen MR) is 120 cm³/mol. The van der Waals surface area contributed by atoms with Crippen molar-refractivity contribution in [1.29, 1.82) is 0 Å². The van der Waals surface area contributed by atoms with Crippen molar-refractivity contribution in [3.05, 3.63) is 92.4 Å². The van der Waals surface area contributed by atoms with Crippen LogP contribution in [0.25, 0.3) is 0 Å². The van der Waals surface area contributed by atoms with Crippen molar-refractivity contribution in [2.45, 2.75) is 26.1 Å². The molecule has 0 spiro atoms. The smallest absolute Gasteiger partial charge is 0.180 e. The van der Waals surface area contributed by atoms with E-state index in [0.717, 1.165) is 11.1 Å². The molecule has 0 saturated carbocycles. The molecule has 152 valence electrons. The maximum Gasteiger partial charge on any atom is 0.180 e. The van der Waals surface area contributed by atoms with Gasteiger partial charge in [0.25, 0.3) is 0 Å². The van der Waals surface area contributed by atoms with Crippen LogP contribution in [0, 0.1) is 0 Å². The van der Waals surface area contributed by atoms with Gasteiger partial charge in [-0.1, -0.05) is 71.2 Å². The van der Waals surface area contributed by atoms with Crippen LogP contribution >= 0.6 is 34.8 Å². The second-order valence-electron chi connectivity index (χ2n) is 6.65. The number of rotatable bonds is 8. The molecule has 3 rings (SSSR count). The van der Waals surface area contributed by atoms with Crippen LogP contribution in [-0.4, -0.2) is 7.11 Å². The first-order valence-corrected chi connectivity index (χ1v) is 10.3. The summed E-state index contributed by atoms with van der Waals surface area (Å²) in [6, 6.07) is 19.6. The van der Waals surface area contributed by atoms with E-state index in [0.29, 0.717) is 33.1 Å². The highest BCUT2D eigenvalue weighted by Gasteiger charge is 2.14. The molecule has 0 aromatic heterocycles. The van der Waals surface area contributed by atoms with Gasteiger partial charge in [-0.05, 0) is 42.3 Å². The number of halogens is 3. The van der Waals surface area contributed by atoms with Gasteiger partial charge in [-0.15, -0.1) is 0 Å². The molecule has 1 atom stereocenters. The molecule has 1 N–H and O–H groups in total. The maximum atomic E-state index is 6.49. The molecule has 0 saturated heterocycles. The van der Waals surface area contributed by atoms with Crippen molar-refractivity contribution in [3.63, 3.8) is 0 Å². The number of hydrogen-bond acceptors (Lipinski definition) is 3. The first-order chi connectivity index (χ1) is 14.0. The van der Waals surface area contributed by atoms with Crippen molar-refractivity contribution < 1.29 is 9.47 Å². The fraction of sp³-hybridized carbons (Fsp3) is 0.217. The van der Waals surface area contributed by atoms with Gasteiger partial charge in [0, 0.05) is 28.2 Å². The predicted octanol–water partition coefficient (Wildman–Crippen LogP) is 7.09. The highest BCUT2D eigenvalue weighted by Crippen LogP contribution is 2.37. The van der Waals surface area contributed by atoms with E-state index >= 15 is 0 Å². The average Bonchev–Trinajstić information content (AvgIpc) is 2.72. The van der Waals surface area contributed by atoms with Crippen LogP contribution < -0.4 is 14.8 Å². The van der Waals surface area contributed by atoms with Crippen molar-refractivity contribution in [2.75, 3.05) is 7.11 Å². The normalized spacial score (nSPS) is 11.9. The molecule has 0 aliphatic carbocycles. The van der Waals surface area contributed by atoms with E-state index in [1.54, 1.807) is 19.2 Å². The summed E-state index contributed by atoms with van der Waals surface area (Å²) in [7, 11) is 1.59. The Morgan fingerprint density at radius 2 is 1.69 bits per heavy atom. The molecule has 0 radical (unpaired) electrons. The fourth-order valence-corrected chi connectivity index (χ4v) is 3.69. The summed E-state index contributed by atoms with van der Waals surface area (Å²) in [5.74, 6) is 1.06. The molecule has 0 heterocycles. The number of methoxy groups -OCH3 is 1. The topological polar surface area (TPSA) is 30.5 Å². The second-order valence-corrected chi connectivity index (χ2v) is 7.90. The lowest BCUT2D eigenvalue weighted by Gasteiger charge is -2.17. The van der Waals surface area contributed by atoms with Gasteiger partial charge in [0.1, 0.15) is 6.61 Å². The molecule has 1 unspecified atom stereocenters. The summed E-state index contributed by atoms with van der Waals surface area (Å²) in [4.78, 5) is 0. The molecule has 0 aliphatic rings. The van der Waals surface area contributed by atoms with E-state index in [2.05, 4.69) is 24.4 Å². The van der Waals surface area contributed by atoms with Crippen molar-refractivity contribution in [1.82, 2.24) is 5.32 Å². The Bertz CT molecular complexity index is 964. The number of nitrogens with one attached hydrogen (secondary N) is 1. The van der Waals surface area contributed by atoms with Crippen molar-refractivity contribution >= 4 is 34.8 Å². The molecule has 0 amide bonds.